The molecule has 0 aliphatic carbocycles. The molecule has 0 unspecified atom stereocenters. The highest BCUT2D eigenvalue weighted by Crippen LogP contribution is 2.39. The molecule has 42 heavy (non-hydrogen) atoms. The number of ether oxygens (including phenoxy) is 1. The number of para-hydroxylation sites is 1. The summed E-state index contributed by atoms with van der Waals surface area (Å²) in [5, 5.41) is 9.65. The summed E-state index contributed by atoms with van der Waals surface area (Å²) in [4.78, 5) is 17.2. The van der Waals surface area contributed by atoms with Crippen molar-refractivity contribution in [3.8, 4) is 5.75 Å². The first-order chi connectivity index (χ1) is 20.3. The van der Waals surface area contributed by atoms with Crippen LogP contribution in [0.5, 0.6) is 5.75 Å². The van der Waals surface area contributed by atoms with Crippen molar-refractivity contribution < 1.29 is 9.30 Å². The highest BCUT2D eigenvalue weighted by molar-refractivity contribution is 7.70. The van der Waals surface area contributed by atoms with Crippen LogP contribution < -0.4 is 25.6 Å². The lowest BCUT2D eigenvalue weighted by molar-refractivity contribution is 0.0982. The maximum absolute atomic E-state index is 13.0. The van der Waals surface area contributed by atoms with Crippen molar-refractivity contribution in [3.63, 3.8) is 0 Å². The van der Waals surface area contributed by atoms with Gasteiger partial charge < -0.3 is 29.7 Å². The Morgan fingerprint density at radius 2 is 1.69 bits per heavy atom. The molecule has 9 nitrogen and oxygen atoms in total. The molecular formula is C31H40N7O2PS. The fourth-order valence-electron chi connectivity index (χ4n) is 5.96. The lowest BCUT2D eigenvalue weighted by Crippen LogP contribution is -2.52. The van der Waals surface area contributed by atoms with Crippen LogP contribution in [0.15, 0.2) is 53.9 Å². The molecule has 0 atom stereocenters. The number of benzene rings is 2. The van der Waals surface area contributed by atoms with Crippen molar-refractivity contribution in [1.82, 2.24) is 19.8 Å². The Labute approximate surface area is 252 Å². The molecule has 2 aromatic heterocycles. The van der Waals surface area contributed by atoms with E-state index in [9.17, 15) is 4.57 Å². The number of aromatic nitrogens is 2. The number of nitrogens with zero attached hydrogens (tertiary/aromatic N) is 5. The molecule has 4 heterocycles. The summed E-state index contributed by atoms with van der Waals surface area (Å²) in [7, 11) is 1.43. The molecule has 2 fully saturated rings. The predicted octanol–water partition coefficient (Wildman–Crippen LogP) is 5.65. The van der Waals surface area contributed by atoms with Crippen LogP contribution in [0.4, 0.5) is 28.8 Å². The zero-order valence-electron chi connectivity index (χ0n) is 24.8. The van der Waals surface area contributed by atoms with Crippen molar-refractivity contribution in [2.24, 2.45) is 0 Å². The van der Waals surface area contributed by atoms with Crippen LogP contribution in [0, 0.1) is 0 Å². The third kappa shape index (κ3) is 6.27. The van der Waals surface area contributed by atoms with E-state index in [0.717, 1.165) is 45.7 Å². The second-order valence-electron chi connectivity index (χ2n) is 11.6. The van der Waals surface area contributed by atoms with E-state index in [2.05, 4.69) is 50.6 Å². The molecular weight excluding hydrogens is 565 g/mol. The van der Waals surface area contributed by atoms with Crippen LogP contribution in [0.2, 0.25) is 0 Å². The normalized spacial score (nSPS) is 17.5. The van der Waals surface area contributed by atoms with Crippen LogP contribution in [-0.2, 0) is 4.57 Å². The van der Waals surface area contributed by atoms with E-state index in [1.165, 1.54) is 44.7 Å². The van der Waals surface area contributed by atoms with E-state index >= 15 is 0 Å². The summed E-state index contributed by atoms with van der Waals surface area (Å²) in [6.45, 7) is 10.3. The van der Waals surface area contributed by atoms with Gasteiger partial charge in [-0.1, -0.05) is 12.1 Å². The van der Waals surface area contributed by atoms with Crippen molar-refractivity contribution in [1.29, 1.82) is 0 Å². The third-order valence-electron chi connectivity index (χ3n) is 8.36. The van der Waals surface area contributed by atoms with E-state index in [1.807, 2.05) is 35.7 Å². The number of likely N-dealkylation sites (N-methyl/N-ethyl adjacent to an activating group) is 1. The monoisotopic (exact) mass is 605 g/mol. The van der Waals surface area contributed by atoms with Gasteiger partial charge >= 0.3 is 0 Å². The van der Waals surface area contributed by atoms with Gasteiger partial charge in [-0.05, 0) is 68.9 Å². The van der Waals surface area contributed by atoms with E-state index in [1.54, 1.807) is 31.8 Å². The van der Waals surface area contributed by atoms with Crippen LogP contribution >= 0.6 is 18.5 Å². The molecule has 0 spiro atoms. The number of fused-ring (bicyclic) bond motifs is 1. The molecule has 0 amide bonds. The number of hydrogen-bond donors (Lipinski definition) is 2. The third-order valence-corrected chi connectivity index (χ3v) is 10.8. The Kier molecular flexibility index (Phi) is 8.41. The second kappa shape index (κ2) is 12.2. The van der Waals surface area contributed by atoms with Crippen LogP contribution in [0.3, 0.4) is 0 Å². The van der Waals surface area contributed by atoms with E-state index in [4.69, 9.17) is 14.7 Å². The first kappa shape index (κ1) is 28.9. The highest BCUT2D eigenvalue weighted by Gasteiger charge is 2.27. The maximum Gasteiger partial charge on any atom is 0.229 e. The highest BCUT2D eigenvalue weighted by atomic mass is 32.1. The van der Waals surface area contributed by atoms with Gasteiger partial charge in [0, 0.05) is 62.4 Å². The van der Waals surface area contributed by atoms with E-state index < -0.39 is 7.14 Å². The Hall–Kier alpha value is -3.17. The minimum atomic E-state index is -2.49. The molecule has 4 aromatic rings. The molecule has 0 radical (unpaired) electrons. The number of piperidine rings is 1. The molecule has 2 saturated heterocycles. The summed E-state index contributed by atoms with van der Waals surface area (Å²) in [6.07, 6.45) is 2.37. The maximum atomic E-state index is 13.0. The van der Waals surface area contributed by atoms with Gasteiger partial charge in [0.05, 0.1) is 28.7 Å². The first-order valence-corrected chi connectivity index (χ1v) is 18.1. The second-order valence-corrected chi connectivity index (χ2v) is 15.7. The van der Waals surface area contributed by atoms with Gasteiger partial charge in [-0.15, -0.1) is 11.3 Å². The lowest BCUT2D eigenvalue weighted by Gasteiger charge is -2.42. The Balaban J connectivity index is 1.19. The first-order valence-electron chi connectivity index (χ1n) is 14.6. The fraction of sp³-hybridized carbons (Fsp3) is 0.419. The molecule has 2 aliphatic rings. The number of nitrogens with one attached hydrogen (secondary N) is 2. The summed E-state index contributed by atoms with van der Waals surface area (Å²) in [6, 6.07) is 16.7. The van der Waals surface area contributed by atoms with Crippen LogP contribution in [-0.4, -0.2) is 92.6 Å². The van der Waals surface area contributed by atoms with Gasteiger partial charge in [0.15, 0.2) is 5.82 Å². The van der Waals surface area contributed by atoms with Crippen molar-refractivity contribution in [3.05, 3.63) is 53.9 Å². The van der Waals surface area contributed by atoms with Gasteiger partial charge in [-0.3, -0.25) is 4.90 Å². The fourth-order valence-corrected chi connectivity index (χ4v) is 7.89. The Morgan fingerprint density at radius 3 is 2.43 bits per heavy atom. The van der Waals surface area contributed by atoms with E-state index in [-0.39, 0.29) is 0 Å². The summed E-state index contributed by atoms with van der Waals surface area (Å²) in [5.41, 5.74) is 3.61. The minimum absolute atomic E-state index is 0.469. The molecule has 6 rings (SSSR count). The number of methoxy groups -OCH3 is 1. The number of hydrogen-bond acceptors (Lipinski definition) is 10. The van der Waals surface area contributed by atoms with Gasteiger partial charge in [0.1, 0.15) is 12.9 Å². The molecule has 2 aliphatic heterocycles. The minimum Gasteiger partial charge on any atom is -0.494 e. The topological polar surface area (TPSA) is 85.9 Å². The van der Waals surface area contributed by atoms with Crippen LogP contribution in [0.25, 0.3) is 10.2 Å². The van der Waals surface area contributed by atoms with Crippen molar-refractivity contribution >= 4 is 62.8 Å². The number of thiophene rings is 1. The van der Waals surface area contributed by atoms with Gasteiger partial charge in [-0.2, -0.15) is 4.98 Å². The summed E-state index contributed by atoms with van der Waals surface area (Å²) in [5.74, 6) is 1.90. The van der Waals surface area contributed by atoms with E-state index in [0.29, 0.717) is 17.8 Å². The Bertz CT molecular complexity index is 1590. The quantitative estimate of drug-likeness (QED) is 0.248. The Morgan fingerprint density at radius 1 is 0.929 bits per heavy atom. The zero-order valence-corrected chi connectivity index (χ0v) is 26.5. The molecule has 2 N–H and O–H groups in total. The van der Waals surface area contributed by atoms with Crippen molar-refractivity contribution in [2.75, 3.05) is 82.3 Å². The zero-order chi connectivity index (χ0) is 29.3. The summed E-state index contributed by atoms with van der Waals surface area (Å²) < 4.78 is 19.7. The number of anilines is 5. The van der Waals surface area contributed by atoms with Gasteiger partial charge in [0.2, 0.25) is 5.95 Å². The van der Waals surface area contributed by atoms with Crippen molar-refractivity contribution in [2.45, 2.75) is 18.9 Å². The van der Waals surface area contributed by atoms with Crippen LogP contribution in [0.1, 0.15) is 12.8 Å². The molecule has 0 bridgehead atoms. The average molecular weight is 606 g/mol. The molecule has 11 heteroatoms. The largest absolute Gasteiger partial charge is 0.494 e. The van der Waals surface area contributed by atoms with Gasteiger partial charge in [0.25, 0.3) is 0 Å². The number of rotatable bonds is 8. The smallest absolute Gasteiger partial charge is 0.229 e. The number of piperazine rings is 1. The SMILES string of the molecule is COc1cc(N2CCC(N3CCN(C)CC3)CC2)ccc1Nc1nc(Nc2ccccc2P(C)(C)=O)c2sccc2n1. The predicted molar refractivity (Wildman–Crippen MR) is 177 cm³/mol. The summed E-state index contributed by atoms with van der Waals surface area (Å²) >= 11 is 1.58. The molecule has 0 saturated carbocycles. The molecule has 222 valence electrons. The van der Waals surface area contributed by atoms with Gasteiger partial charge in [-0.25, -0.2) is 4.98 Å². The average Bonchev–Trinajstić information content (AvgIpc) is 3.47. The standard InChI is InChI=1S/C31H40N7O2PS/c1-36-16-18-38(19-17-36)22-11-14-37(15-12-22)23-9-10-24(27(21-23)40-2)33-31-34-26-13-20-42-29(26)30(35-31)32-25-7-5-6-8-28(25)41(3,4)39/h5-10,13,20-22H,11-12,14-19H2,1-4H3,(H2,32,33,34,35). The molecule has 2 aromatic carbocycles. The lowest BCUT2D eigenvalue weighted by atomic mass is 10.0.